The van der Waals surface area contributed by atoms with Gasteiger partial charge in [-0.25, -0.2) is 0 Å². The van der Waals surface area contributed by atoms with Gasteiger partial charge in [0.2, 0.25) is 0 Å². The van der Waals surface area contributed by atoms with Crippen molar-refractivity contribution >= 4 is 43.9 Å². The second-order valence-corrected chi connectivity index (χ2v) is 25.5. The van der Waals surface area contributed by atoms with E-state index in [9.17, 15) is 0 Å². The van der Waals surface area contributed by atoms with E-state index < -0.39 is 18.4 Å². The molecule has 2 aromatic rings. The van der Waals surface area contributed by atoms with E-state index in [1.807, 2.05) is 11.3 Å². The predicted molar refractivity (Wildman–Crippen MR) is 122 cm³/mol. The summed E-state index contributed by atoms with van der Waals surface area (Å²) >= 11 is 1.63. The second-order valence-electron chi connectivity index (χ2n) is 8.31. The summed E-state index contributed by atoms with van der Waals surface area (Å²) < 4.78 is 1.66. The van der Waals surface area contributed by atoms with Crippen LogP contribution in [0.4, 0.5) is 0 Å². The summed E-state index contributed by atoms with van der Waals surface area (Å²) in [5.41, 5.74) is 2.67. The van der Waals surface area contributed by atoms with Gasteiger partial charge in [0, 0.05) is 0 Å². The monoisotopic (exact) mass is 500 g/mol. The van der Waals surface area contributed by atoms with E-state index in [-0.39, 0.29) is 0 Å². The fourth-order valence-corrected chi connectivity index (χ4v) is 11.7. The van der Waals surface area contributed by atoms with E-state index in [1.54, 1.807) is 14.2 Å². The SMILES string of the molecule is CCCCCCc1csc(-c2nc(CCCCCC)[c]([Sn]([CH3])([CH3])[CH3])s2)n1. The zero-order valence-electron chi connectivity index (χ0n) is 17.4. The molecule has 0 aromatic carbocycles. The van der Waals surface area contributed by atoms with Crippen molar-refractivity contribution in [2.75, 3.05) is 0 Å². The summed E-state index contributed by atoms with van der Waals surface area (Å²) in [5.74, 6) is 0. The molecule has 0 radical (unpaired) electrons. The summed E-state index contributed by atoms with van der Waals surface area (Å²) in [6, 6.07) is 0. The molecule has 2 nitrogen and oxygen atoms in total. The van der Waals surface area contributed by atoms with Crippen molar-refractivity contribution in [3.05, 3.63) is 16.8 Å². The molecule has 2 rings (SSSR count). The summed E-state index contributed by atoms with van der Waals surface area (Å²) in [6.45, 7) is 4.54. The van der Waals surface area contributed by atoms with Gasteiger partial charge < -0.3 is 0 Å². The van der Waals surface area contributed by atoms with Gasteiger partial charge >= 0.3 is 174 Å². The molecule has 0 aliphatic heterocycles. The van der Waals surface area contributed by atoms with E-state index in [4.69, 9.17) is 9.97 Å². The molecule has 0 N–H and O–H groups in total. The van der Waals surface area contributed by atoms with Gasteiger partial charge in [0.1, 0.15) is 0 Å². The second kappa shape index (κ2) is 11.2. The van der Waals surface area contributed by atoms with E-state index in [2.05, 4.69) is 34.0 Å². The van der Waals surface area contributed by atoms with Gasteiger partial charge in [-0.1, -0.05) is 0 Å². The van der Waals surface area contributed by atoms with Crippen LogP contribution >= 0.6 is 22.7 Å². The van der Waals surface area contributed by atoms with Crippen LogP contribution in [0.2, 0.25) is 14.8 Å². The van der Waals surface area contributed by atoms with Crippen LogP contribution in [0, 0.1) is 0 Å². The predicted octanol–water partition coefficient (Wildman–Crippen LogP) is 7.06. The molecule has 0 saturated carbocycles. The number of aromatic nitrogens is 2. The van der Waals surface area contributed by atoms with Gasteiger partial charge in [-0.15, -0.1) is 0 Å². The van der Waals surface area contributed by atoms with E-state index in [1.165, 1.54) is 67.8 Å². The van der Waals surface area contributed by atoms with Gasteiger partial charge in [-0.05, 0) is 0 Å². The summed E-state index contributed by atoms with van der Waals surface area (Å²) in [5, 5.41) is 4.59. The van der Waals surface area contributed by atoms with Crippen molar-refractivity contribution in [2.45, 2.75) is 92.9 Å². The number of nitrogens with zero attached hydrogens (tertiary/aromatic N) is 2. The maximum atomic E-state index is 5.09. The quantitative estimate of drug-likeness (QED) is 0.231. The maximum absolute atomic E-state index is 5.09. The zero-order chi connectivity index (χ0) is 19.0. The van der Waals surface area contributed by atoms with E-state index >= 15 is 0 Å². The minimum atomic E-state index is -2.12. The molecule has 2 heterocycles. The van der Waals surface area contributed by atoms with Crippen LogP contribution in [0.1, 0.15) is 76.6 Å². The van der Waals surface area contributed by atoms with Crippen LogP contribution in [-0.2, 0) is 12.8 Å². The number of hydrogen-bond acceptors (Lipinski definition) is 4. The third kappa shape index (κ3) is 6.90. The van der Waals surface area contributed by atoms with Crippen LogP contribution in [0.5, 0.6) is 0 Å². The Morgan fingerprint density at radius 2 is 1.46 bits per heavy atom. The third-order valence-corrected chi connectivity index (χ3v) is 16.3. The topological polar surface area (TPSA) is 25.8 Å². The summed E-state index contributed by atoms with van der Waals surface area (Å²) in [4.78, 5) is 17.5. The van der Waals surface area contributed by atoms with Crippen LogP contribution < -0.4 is 2.89 Å². The number of aryl methyl sites for hydroxylation is 2. The first kappa shape index (κ1) is 22.3. The van der Waals surface area contributed by atoms with Crippen LogP contribution in [-0.4, -0.2) is 28.3 Å². The molecule has 0 spiro atoms. The number of hydrogen-bond donors (Lipinski definition) is 0. The molecule has 0 aliphatic rings. The Balaban J connectivity index is 2.09. The third-order valence-electron chi connectivity index (χ3n) is 4.67. The van der Waals surface area contributed by atoms with Gasteiger partial charge in [-0.3, -0.25) is 0 Å². The van der Waals surface area contributed by atoms with Crippen molar-refractivity contribution < 1.29 is 0 Å². The fraction of sp³-hybridized carbons (Fsp3) is 0.714. The van der Waals surface area contributed by atoms with Crippen molar-refractivity contribution in [3.8, 4) is 10.0 Å². The Bertz CT molecular complexity index is 655. The van der Waals surface area contributed by atoms with Crippen molar-refractivity contribution in [1.29, 1.82) is 0 Å². The molecular formula is C21H36N2S2Sn. The first-order valence-corrected chi connectivity index (χ1v) is 22.1. The van der Waals surface area contributed by atoms with E-state index in [0.717, 1.165) is 17.8 Å². The molecule has 0 bridgehead atoms. The first-order chi connectivity index (χ1) is 12.5. The molecule has 2 aromatic heterocycles. The Kier molecular flexibility index (Phi) is 9.59. The molecule has 0 aliphatic carbocycles. The van der Waals surface area contributed by atoms with E-state index in [0.29, 0.717) is 0 Å². The normalized spacial score (nSPS) is 12.0. The molecule has 26 heavy (non-hydrogen) atoms. The number of unbranched alkanes of at least 4 members (excludes halogenated alkanes) is 6. The molecule has 0 amide bonds. The van der Waals surface area contributed by atoms with Gasteiger partial charge in [-0.2, -0.15) is 0 Å². The summed E-state index contributed by atoms with van der Waals surface area (Å²) in [7, 11) is 0. The van der Waals surface area contributed by atoms with Crippen molar-refractivity contribution in [2.24, 2.45) is 0 Å². The summed E-state index contributed by atoms with van der Waals surface area (Å²) in [6.07, 6.45) is 12.8. The Hall–Kier alpha value is 0.0587. The molecular weight excluding hydrogens is 463 g/mol. The zero-order valence-corrected chi connectivity index (χ0v) is 21.8. The van der Waals surface area contributed by atoms with Gasteiger partial charge in [0.05, 0.1) is 0 Å². The molecule has 5 heteroatoms. The average molecular weight is 499 g/mol. The average Bonchev–Trinajstić information content (AvgIpc) is 3.22. The van der Waals surface area contributed by atoms with Gasteiger partial charge in [0.25, 0.3) is 0 Å². The molecule has 0 atom stereocenters. The Labute approximate surface area is 172 Å². The van der Waals surface area contributed by atoms with Crippen LogP contribution in [0.25, 0.3) is 10.0 Å². The van der Waals surface area contributed by atoms with Crippen LogP contribution in [0.3, 0.4) is 0 Å². The standard InChI is InChI=1S/C18H27N2S2.3CH3.Sn/c1-3-5-7-9-11-15-13-21-17(19-15)18-20-16(14-22-18)12-10-8-6-4-2;;;;/h13H,3-12H2,1-2H3;3*1H3;. The molecule has 0 saturated heterocycles. The van der Waals surface area contributed by atoms with Crippen molar-refractivity contribution in [3.63, 3.8) is 0 Å². The van der Waals surface area contributed by atoms with Gasteiger partial charge in [0.15, 0.2) is 0 Å². The Morgan fingerprint density at radius 1 is 0.808 bits per heavy atom. The first-order valence-electron chi connectivity index (χ1n) is 10.4. The number of rotatable bonds is 12. The molecule has 0 fully saturated rings. The minimum absolute atomic E-state index is 1.12. The molecule has 0 unspecified atom stereocenters. The Morgan fingerprint density at radius 3 is 2.08 bits per heavy atom. The fourth-order valence-electron chi connectivity index (χ4n) is 3.17. The van der Waals surface area contributed by atoms with Crippen LogP contribution in [0.15, 0.2) is 5.38 Å². The number of thiazole rings is 2. The van der Waals surface area contributed by atoms with Crippen molar-refractivity contribution in [1.82, 2.24) is 9.97 Å². The molecule has 146 valence electrons.